The highest BCUT2D eigenvalue weighted by atomic mass is 35.5. The molecule has 1 aromatic heterocycles. The Kier molecular flexibility index (Phi) is 2.69. The summed E-state index contributed by atoms with van der Waals surface area (Å²) in [5.74, 6) is 0. The first-order valence-corrected chi connectivity index (χ1v) is 5.25. The molecule has 0 aliphatic heterocycles. The fraction of sp³-hybridized carbons (Fsp3) is 0.167. The van der Waals surface area contributed by atoms with Gasteiger partial charge in [-0.1, -0.05) is 23.7 Å². The van der Waals surface area contributed by atoms with Crippen LogP contribution in [0.25, 0.3) is 10.9 Å². The number of nitrogens with zero attached hydrogens (tertiary/aromatic N) is 1. The van der Waals surface area contributed by atoms with Crippen LogP contribution < -0.4 is 5.73 Å². The Morgan fingerprint density at radius 1 is 1.47 bits per heavy atom. The number of nitrogen functional groups attached to an aromatic ring is 1. The molecule has 15 heavy (non-hydrogen) atoms. The molecule has 78 valence electrons. The second-order valence-electron chi connectivity index (χ2n) is 3.68. The summed E-state index contributed by atoms with van der Waals surface area (Å²) in [6.07, 6.45) is 2.03. The van der Waals surface area contributed by atoms with Crippen LogP contribution in [0, 0.1) is 0 Å². The van der Waals surface area contributed by atoms with Crippen LogP contribution in [0.5, 0.6) is 0 Å². The molecule has 0 fully saturated rings. The van der Waals surface area contributed by atoms with Gasteiger partial charge in [-0.05, 0) is 24.6 Å². The molecule has 0 atom stereocenters. The summed E-state index contributed by atoms with van der Waals surface area (Å²) < 4.78 is 2.11. The molecule has 2 N–H and O–H groups in total. The molecule has 0 spiro atoms. The molecule has 0 aliphatic carbocycles. The first-order chi connectivity index (χ1) is 7.22. The minimum atomic E-state index is 0.779. The quantitative estimate of drug-likeness (QED) is 0.773. The van der Waals surface area contributed by atoms with Crippen molar-refractivity contribution in [2.24, 2.45) is 0 Å². The van der Waals surface area contributed by atoms with Crippen LogP contribution in [0.4, 0.5) is 5.69 Å². The molecule has 0 saturated carbocycles. The van der Waals surface area contributed by atoms with Crippen LogP contribution in [-0.2, 0) is 6.54 Å². The molecule has 2 nitrogen and oxygen atoms in total. The maximum absolute atomic E-state index is 5.95. The third-order valence-electron chi connectivity index (χ3n) is 2.43. The number of benzene rings is 1. The Hall–Kier alpha value is -1.41. The number of fused-ring (bicyclic) bond motifs is 1. The lowest BCUT2D eigenvalue weighted by atomic mass is 10.2. The number of halogens is 1. The molecule has 0 bridgehead atoms. The van der Waals surface area contributed by atoms with Crippen molar-refractivity contribution in [1.29, 1.82) is 0 Å². The topological polar surface area (TPSA) is 30.9 Å². The SMILES string of the molecule is C/C(=C\Cl)Cn1ccc2cccc(N)c21. The molecule has 1 aromatic carbocycles. The third-order valence-corrected chi connectivity index (χ3v) is 2.80. The largest absolute Gasteiger partial charge is 0.397 e. The highest BCUT2D eigenvalue weighted by molar-refractivity contribution is 6.25. The van der Waals surface area contributed by atoms with Crippen molar-refractivity contribution in [3.63, 3.8) is 0 Å². The monoisotopic (exact) mass is 220 g/mol. The lowest BCUT2D eigenvalue weighted by Gasteiger charge is -2.06. The van der Waals surface area contributed by atoms with E-state index >= 15 is 0 Å². The van der Waals surface area contributed by atoms with Crippen LogP contribution in [0.2, 0.25) is 0 Å². The van der Waals surface area contributed by atoms with Crippen molar-refractivity contribution < 1.29 is 0 Å². The number of aromatic nitrogens is 1. The van der Waals surface area contributed by atoms with Crippen molar-refractivity contribution in [1.82, 2.24) is 4.57 Å². The van der Waals surface area contributed by atoms with Crippen molar-refractivity contribution in [3.05, 3.63) is 41.6 Å². The number of anilines is 1. The predicted octanol–water partition coefficient (Wildman–Crippen LogP) is 3.37. The first-order valence-electron chi connectivity index (χ1n) is 4.81. The minimum Gasteiger partial charge on any atom is -0.397 e. The standard InChI is InChI=1S/C12H13ClN2/c1-9(7-13)8-15-6-5-10-3-2-4-11(14)12(10)15/h2-7H,8,14H2,1H3/b9-7+. The summed E-state index contributed by atoms with van der Waals surface area (Å²) in [5.41, 5.74) is 10.5. The van der Waals surface area contributed by atoms with Gasteiger partial charge in [0.15, 0.2) is 0 Å². The van der Waals surface area contributed by atoms with Gasteiger partial charge >= 0.3 is 0 Å². The van der Waals surface area contributed by atoms with E-state index in [1.807, 2.05) is 25.3 Å². The molecular weight excluding hydrogens is 208 g/mol. The average Bonchev–Trinajstić information content (AvgIpc) is 2.63. The smallest absolute Gasteiger partial charge is 0.0716 e. The van der Waals surface area contributed by atoms with E-state index in [0.29, 0.717) is 0 Å². The highest BCUT2D eigenvalue weighted by Gasteiger charge is 2.03. The normalized spacial score (nSPS) is 12.3. The van der Waals surface area contributed by atoms with E-state index in [4.69, 9.17) is 17.3 Å². The van der Waals surface area contributed by atoms with Gasteiger partial charge in [0.25, 0.3) is 0 Å². The van der Waals surface area contributed by atoms with E-state index in [9.17, 15) is 0 Å². The molecule has 0 aliphatic rings. The predicted molar refractivity (Wildman–Crippen MR) is 66.0 cm³/mol. The molecule has 3 heteroatoms. The number of para-hydroxylation sites is 1. The third kappa shape index (κ3) is 1.85. The Morgan fingerprint density at radius 3 is 3.00 bits per heavy atom. The van der Waals surface area contributed by atoms with Crippen LogP contribution in [0.3, 0.4) is 0 Å². The van der Waals surface area contributed by atoms with E-state index < -0.39 is 0 Å². The second-order valence-corrected chi connectivity index (χ2v) is 3.90. The Balaban J connectivity index is 2.53. The Morgan fingerprint density at radius 2 is 2.27 bits per heavy atom. The van der Waals surface area contributed by atoms with Crippen LogP contribution in [0.15, 0.2) is 41.6 Å². The van der Waals surface area contributed by atoms with Gasteiger partial charge in [0.1, 0.15) is 0 Å². The molecule has 2 aromatic rings. The van der Waals surface area contributed by atoms with Crippen LogP contribution in [0.1, 0.15) is 6.92 Å². The fourth-order valence-electron chi connectivity index (χ4n) is 1.73. The van der Waals surface area contributed by atoms with E-state index in [2.05, 4.69) is 16.7 Å². The lowest BCUT2D eigenvalue weighted by Crippen LogP contribution is -1.99. The number of allylic oxidation sites excluding steroid dienone is 1. The summed E-state index contributed by atoms with van der Waals surface area (Å²) >= 11 is 5.65. The Bertz CT molecular complexity index is 511. The summed E-state index contributed by atoms with van der Waals surface area (Å²) in [6.45, 7) is 2.78. The zero-order valence-electron chi connectivity index (χ0n) is 8.57. The molecular formula is C12H13ClN2. The van der Waals surface area contributed by atoms with E-state index in [-0.39, 0.29) is 0 Å². The van der Waals surface area contributed by atoms with Gasteiger partial charge in [-0.15, -0.1) is 0 Å². The maximum atomic E-state index is 5.95. The molecule has 2 rings (SSSR count). The highest BCUT2D eigenvalue weighted by Crippen LogP contribution is 2.22. The lowest BCUT2D eigenvalue weighted by molar-refractivity contribution is 0.822. The van der Waals surface area contributed by atoms with Gasteiger partial charge in [-0.25, -0.2) is 0 Å². The summed E-state index contributed by atoms with van der Waals surface area (Å²) in [4.78, 5) is 0. The second kappa shape index (κ2) is 3.99. The summed E-state index contributed by atoms with van der Waals surface area (Å²) in [5, 5.41) is 1.16. The Labute approximate surface area is 93.9 Å². The van der Waals surface area contributed by atoms with Gasteiger partial charge in [0.2, 0.25) is 0 Å². The number of hydrogen-bond acceptors (Lipinski definition) is 1. The minimum absolute atomic E-state index is 0.779. The summed E-state index contributed by atoms with van der Waals surface area (Å²) in [6, 6.07) is 8.00. The van der Waals surface area contributed by atoms with E-state index in [1.54, 1.807) is 5.54 Å². The average molecular weight is 221 g/mol. The molecule has 0 radical (unpaired) electrons. The van der Waals surface area contributed by atoms with Crippen LogP contribution >= 0.6 is 11.6 Å². The van der Waals surface area contributed by atoms with Gasteiger partial charge in [-0.3, -0.25) is 0 Å². The fourth-order valence-corrected chi connectivity index (χ4v) is 1.79. The number of rotatable bonds is 2. The maximum Gasteiger partial charge on any atom is 0.0716 e. The summed E-state index contributed by atoms with van der Waals surface area (Å²) in [7, 11) is 0. The van der Waals surface area contributed by atoms with E-state index in [0.717, 1.165) is 28.7 Å². The van der Waals surface area contributed by atoms with Gasteiger partial charge in [0, 0.05) is 23.7 Å². The zero-order valence-corrected chi connectivity index (χ0v) is 9.33. The molecule has 0 saturated heterocycles. The number of nitrogens with two attached hydrogens (primary N) is 1. The van der Waals surface area contributed by atoms with Gasteiger partial charge in [-0.2, -0.15) is 0 Å². The van der Waals surface area contributed by atoms with Gasteiger partial charge in [0.05, 0.1) is 11.2 Å². The molecule has 0 amide bonds. The van der Waals surface area contributed by atoms with Crippen LogP contribution in [-0.4, -0.2) is 4.57 Å². The van der Waals surface area contributed by atoms with Gasteiger partial charge < -0.3 is 10.3 Å². The van der Waals surface area contributed by atoms with E-state index in [1.165, 1.54) is 0 Å². The van der Waals surface area contributed by atoms with Crippen molar-refractivity contribution in [2.45, 2.75) is 13.5 Å². The van der Waals surface area contributed by atoms with Crippen molar-refractivity contribution in [3.8, 4) is 0 Å². The molecule has 1 heterocycles. The zero-order chi connectivity index (χ0) is 10.8. The molecule has 0 unspecified atom stereocenters. The number of hydrogen-bond donors (Lipinski definition) is 1. The first kappa shape index (κ1) is 10.1. The van der Waals surface area contributed by atoms with Crippen molar-refractivity contribution in [2.75, 3.05) is 5.73 Å². The van der Waals surface area contributed by atoms with Crippen molar-refractivity contribution >= 4 is 28.2 Å².